The van der Waals surface area contributed by atoms with Gasteiger partial charge < -0.3 is 5.11 Å². The molecule has 0 amide bonds. The molecular weight excluding hydrogens is 244 g/mol. The van der Waals surface area contributed by atoms with Gasteiger partial charge in [0, 0.05) is 11.1 Å². The topological polar surface area (TPSA) is 83.3 Å². The van der Waals surface area contributed by atoms with Crippen LogP contribution in [0.15, 0.2) is 28.8 Å². The average Bonchev–Trinajstić information content (AvgIpc) is 2.85. The summed E-state index contributed by atoms with van der Waals surface area (Å²) in [6.07, 6.45) is 10.0. The summed E-state index contributed by atoms with van der Waals surface area (Å²) in [7, 11) is 0. The average molecular weight is 256 g/mol. The maximum Gasteiger partial charge on any atom is 0.264 e. The molecule has 0 spiro atoms. The smallest absolute Gasteiger partial charge is 0.264 e. The van der Waals surface area contributed by atoms with Crippen LogP contribution in [0.3, 0.4) is 0 Å². The third-order valence-corrected chi connectivity index (χ3v) is 2.65. The minimum Gasteiger partial charge on any atom is -0.493 e. The normalized spacial score (nSPS) is 12.7. The minimum atomic E-state index is -0.472. The van der Waals surface area contributed by atoms with Crippen molar-refractivity contribution in [1.29, 1.82) is 0 Å². The summed E-state index contributed by atoms with van der Waals surface area (Å²) in [5, 5.41) is 14.0. The lowest BCUT2D eigenvalue weighted by molar-refractivity contribution is 0.432. The number of hydrogen-bond donors (Lipinski definition) is 2. The van der Waals surface area contributed by atoms with Crippen LogP contribution in [0.2, 0.25) is 0 Å². The fourth-order valence-corrected chi connectivity index (χ4v) is 1.74. The lowest BCUT2D eigenvalue weighted by Crippen LogP contribution is -2.15. The molecule has 2 N–H and O–H groups in total. The molecule has 6 nitrogen and oxygen atoms in total. The summed E-state index contributed by atoms with van der Waals surface area (Å²) in [6.45, 7) is 3.49. The standard InChI is InChI=1S/C13H12N4O2/c1-4-6-9(8(3)5-2)10-11(18)16-13-14-7-15-17(13)12(10)19/h2,4,6-7,19H,1,3H3,(H,14,15,16,18)/b6-4-,9-8+. The van der Waals surface area contributed by atoms with Crippen molar-refractivity contribution in [3.05, 3.63) is 40.0 Å². The second-order valence-electron chi connectivity index (χ2n) is 3.83. The van der Waals surface area contributed by atoms with Crippen molar-refractivity contribution < 1.29 is 5.11 Å². The molecule has 0 radical (unpaired) electrons. The summed E-state index contributed by atoms with van der Waals surface area (Å²) in [4.78, 5) is 18.4. The number of nitrogens with one attached hydrogen (secondary N) is 1. The number of aromatic hydroxyl groups is 1. The van der Waals surface area contributed by atoms with Gasteiger partial charge >= 0.3 is 0 Å². The summed E-state index contributed by atoms with van der Waals surface area (Å²) < 4.78 is 1.14. The third-order valence-electron chi connectivity index (χ3n) is 2.65. The summed E-state index contributed by atoms with van der Waals surface area (Å²) in [6, 6.07) is 0. The number of hydrogen-bond acceptors (Lipinski definition) is 4. The van der Waals surface area contributed by atoms with Gasteiger partial charge in [-0.25, -0.2) is 0 Å². The maximum atomic E-state index is 12.1. The maximum absolute atomic E-state index is 12.1. The molecule has 2 rings (SSSR count). The number of fused-ring (bicyclic) bond motifs is 1. The largest absolute Gasteiger partial charge is 0.493 e. The number of aromatic amines is 1. The zero-order valence-electron chi connectivity index (χ0n) is 10.5. The van der Waals surface area contributed by atoms with Gasteiger partial charge in [-0.05, 0) is 13.8 Å². The van der Waals surface area contributed by atoms with Gasteiger partial charge in [0.15, 0.2) is 0 Å². The van der Waals surface area contributed by atoms with Crippen molar-refractivity contribution in [2.45, 2.75) is 13.8 Å². The van der Waals surface area contributed by atoms with Crippen LogP contribution in [0.25, 0.3) is 11.4 Å². The quantitative estimate of drug-likeness (QED) is 0.622. The highest BCUT2D eigenvalue weighted by Gasteiger charge is 2.17. The van der Waals surface area contributed by atoms with Crippen molar-refractivity contribution in [3.8, 4) is 18.2 Å². The first-order valence-corrected chi connectivity index (χ1v) is 5.55. The monoisotopic (exact) mass is 256 g/mol. The van der Waals surface area contributed by atoms with Gasteiger partial charge in [-0.1, -0.05) is 18.1 Å². The molecule has 0 saturated heterocycles. The number of rotatable bonds is 2. The van der Waals surface area contributed by atoms with Crippen molar-refractivity contribution >= 4 is 11.4 Å². The van der Waals surface area contributed by atoms with Crippen LogP contribution in [0, 0.1) is 12.3 Å². The predicted molar refractivity (Wildman–Crippen MR) is 71.5 cm³/mol. The Bertz CT molecular complexity index is 787. The molecule has 19 heavy (non-hydrogen) atoms. The number of nitrogens with zero attached hydrogens (tertiary/aromatic N) is 3. The minimum absolute atomic E-state index is 0.0755. The zero-order chi connectivity index (χ0) is 14.0. The Morgan fingerprint density at radius 1 is 1.63 bits per heavy atom. The fourth-order valence-electron chi connectivity index (χ4n) is 1.74. The molecular formula is C13H12N4O2. The number of terminal acetylenes is 1. The van der Waals surface area contributed by atoms with Crippen LogP contribution in [0.1, 0.15) is 19.4 Å². The van der Waals surface area contributed by atoms with Gasteiger partial charge in [-0.2, -0.15) is 14.6 Å². The van der Waals surface area contributed by atoms with Gasteiger partial charge in [0.1, 0.15) is 11.9 Å². The Morgan fingerprint density at radius 3 is 3.00 bits per heavy atom. The molecule has 0 aliphatic rings. The van der Waals surface area contributed by atoms with Gasteiger partial charge in [0.2, 0.25) is 11.7 Å². The number of allylic oxidation sites excluding steroid dienone is 4. The summed E-state index contributed by atoms with van der Waals surface area (Å²) in [5.41, 5.74) is 0.617. The van der Waals surface area contributed by atoms with E-state index in [-0.39, 0.29) is 17.2 Å². The molecule has 96 valence electrons. The Kier molecular flexibility index (Phi) is 3.21. The van der Waals surface area contributed by atoms with E-state index in [9.17, 15) is 9.90 Å². The SMILES string of the molecule is C#C/C(C)=C(\C=C/C)c1c(O)n2ncnc2[nH]c1=O. The molecule has 0 aliphatic carbocycles. The van der Waals surface area contributed by atoms with E-state index in [0.29, 0.717) is 11.1 Å². The van der Waals surface area contributed by atoms with Crippen molar-refractivity contribution in [2.75, 3.05) is 0 Å². The van der Waals surface area contributed by atoms with Crippen LogP contribution < -0.4 is 5.56 Å². The van der Waals surface area contributed by atoms with Gasteiger partial charge in [-0.15, -0.1) is 6.42 Å². The molecule has 0 aromatic carbocycles. The van der Waals surface area contributed by atoms with Crippen LogP contribution >= 0.6 is 0 Å². The van der Waals surface area contributed by atoms with E-state index in [2.05, 4.69) is 21.0 Å². The second-order valence-corrected chi connectivity index (χ2v) is 3.83. The van der Waals surface area contributed by atoms with E-state index in [4.69, 9.17) is 6.42 Å². The second kappa shape index (κ2) is 4.82. The van der Waals surface area contributed by atoms with E-state index in [1.54, 1.807) is 26.0 Å². The first-order valence-electron chi connectivity index (χ1n) is 5.55. The van der Waals surface area contributed by atoms with Crippen molar-refractivity contribution in [1.82, 2.24) is 19.6 Å². The van der Waals surface area contributed by atoms with Crippen LogP contribution in [0.4, 0.5) is 0 Å². The number of H-pyrrole nitrogens is 1. The Morgan fingerprint density at radius 2 is 2.37 bits per heavy atom. The van der Waals surface area contributed by atoms with Crippen LogP contribution in [-0.2, 0) is 0 Å². The van der Waals surface area contributed by atoms with Gasteiger partial charge in [0.05, 0.1) is 0 Å². The van der Waals surface area contributed by atoms with E-state index in [0.717, 1.165) is 4.52 Å². The van der Waals surface area contributed by atoms with Gasteiger partial charge in [0.25, 0.3) is 5.56 Å². The highest BCUT2D eigenvalue weighted by Crippen LogP contribution is 2.24. The highest BCUT2D eigenvalue weighted by atomic mass is 16.3. The predicted octanol–water partition coefficient (Wildman–Crippen LogP) is 1.11. The summed E-state index contributed by atoms with van der Waals surface area (Å²) in [5.74, 6) is 2.34. The Hall–Kier alpha value is -2.81. The Labute approximate surface area is 109 Å². The molecule has 6 heteroatoms. The van der Waals surface area contributed by atoms with Crippen molar-refractivity contribution in [3.63, 3.8) is 0 Å². The zero-order valence-corrected chi connectivity index (χ0v) is 10.5. The van der Waals surface area contributed by atoms with E-state index >= 15 is 0 Å². The molecule has 0 unspecified atom stereocenters. The summed E-state index contributed by atoms with van der Waals surface area (Å²) >= 11 is 0. The Balaban J connectivity index is 2.89. The molecule has 0 bridgehead atoms. The van der Waals surface area contributed by atoms with Gasteiger partial charge in [-0.3, -0.25) is 9.78 Å². The molecule has 2 aromatic rings. The first kappa shape index (κ1) is 12.6. The molecule has 2 aromatic heterocycles. The lowest BCUT2D eigenvalue weighted by atomic mass is 10.0. The lowest BCUT2D eigenvalue weighted by Gasteiger charge is -2.07. The first-order chi connectivity index (χ1) is 9.10. The highest BCUT2D eigenvalue weighted by molar-refractivity contribution is 5.81. The molecule has 0 saturated carbocycles. The van der Waals surface area contributed by atoms with Crippen molar-refractivity contribution in [2.24, 2.45) is 0 Å². The third kappa shape index (κ3) is 2.02. The van der Waals surface area contributed by atoms with E-state index in [1.807, 2.05) is 0 Å². The molecule has 0 aliphatic heterocycles. The molecule has 0 atom stereocenters. The molecule has 0 fully saturated rings. The fraction of sp³-hybridized carbons (Fsp3) is 0.154. The molecule has 2 heterocycles. The van der Waals surface area contributed by atoms with E-state index < -0.39 is 5.56 Å². The number of aromatic nitrogens is 4. The van der Waals surface area contributed by atoms with Crippen LogP contribution in [0.5, 0.6) is 5.88 Å². The van der Waals surface area contributed by atoms with E-state index in [1.165, 1.54) is 6.33 Å². The van der Waals surface area contributed by atoms with Crippen LogP contribution in [-0.4, -0.2) is 24.7 Å².